The van der Waals surface area contributed by atoms with Gasteiger partial charge in [0.15, 0.2) is 0 Å². The van der Waals surface area contributed by atoms with Crippen molar-refractivity contribution >= 4 is 53.0 Å². The third-order valence-electron chi connectivity index (χ3n) is 11.8. The molecule has 2 unspecified atom stereocenters. The van der Waals surface area contributed by atoms with E-state index in [-0.39, 0.29) is 80.4 Å². The second kappa shape index (κ2) is 27.5. The summed E-state index contributed by atoms with van der Waals surface area (Å²) in [5, 5.41) is 12.9. The Kier molecular flexibility index (Phi) is 21.8. The zero-order valence-corrected chi connectivity index (χ0v) is 37.2. The van der Waals surface area contributed by atoms with Crippen LogP contribution >= 0.6 is 0 Å². The molecule has 4 rings (SSSR count). The van der Waals surface area contributed by atoms with Crippen molar-refractivity contribution in [3.8, 4) is 0 Å². The van der Waals surface area contributed by atoms with Gasteiger partial charge < -0.3 is 31.3 Å². The van der Waals surface area contributed by atoms with Gasteiger partial charge in [0.05, 0.1) is 25.6 Å². The molecule has 1 heterocycles. The Balaban J connectivity index is 1.13. The summed E-state index contributed by atoms with van der Waals surface area (Å²) in [5.41, 5.74) is 2.04. The number of nitrogens with one attached hydrogen (secondary N) is 5. The predicted octanol–water partition coefficient (Wildman–Crippen LogP) is 5.26. The topological polar surface area (TPSA) is 209 Å². The van der Waals surface area contributed by atoms with E-state index in [0.29, 0.717) is 31.5 Å². The predicted molar refractivity (Wildman–Crippen MR) is 238 cm³/mol. The molecule has 15 heteroatoms. The molecule has 0 radical (unpaired) electrons. The molecule has 3 atom stereocenters. The number of hydrogen-bond acceptors (Lipinski definition) is 9. The number of hydrogen-bond donors (Lipinski definition) is 5. The first-order valence-corrected chi connectivity index (χ1v) is 23.0. The van der Waals surface area contributed by atoms with Crippen LogP contribution in [0.1, 0.15) is 128 Å². The molecule has 63 heavy (non-hydrogen) atoms. The Hall–Kier alpha value is -5.60. The zero-order chi connectivity index (χ0) is 45.4. The van der Waals surface area contributed by atoms with Crippen LogP contribution in [-0.4, -0.2) is 84.4 Å². The number of imide groups is 1. The lowest BCUT2D eigenvalue weighted by molar-refractivity contribution is -0.150. The minimum absolute atomic E-state index is 0.0629. The lowest BCUT2D eigenvalue weighted by Crippen LogP contribution is -2.52. The van der Waals surface area contributed by atoms with Crippen LogP contribution in [0.4, 0.5) is 5.69 Å². The second-order valence-corrected chi connectivity index (χ2v) is 17.0. The van der Waals surface area contributed by atoms with E-state index in [9.17, 15) is 38.4 Å². The molecule has 0 aromatic heterocycles. The standard InChI is InChI=1S/C48H68N6O9/c1-3-4-17-34(2)39-29-45(59)54(47(39)61)27-16-10-15-22-41(55)49-30-42(56)50-31-44(58)53-40(28-35-18-11-9-12-19-35)46(60)51-32-43(57)52-38-25-23-36(24-26-38)33-63-48(62)37-20-13-7-5-6-8-14-21-37/h9,11-12,18-19,23-26,34,37,39-40H,3-8,10,13-17,20-22,27-33H2,1-2H3,(H,49,55)(H,50,56)(H,51,60)(H,52,57)(H,53,58)/t34?,39?,40-/m0/s1. The van der Waals surface area contributed by atoms with Gasteiger partial charge in [-0.25, -0.2) is 0 Å². The summed E-state index contributed by atoms with van der Waals surface area (Å²) in [7, 11) is 0. The van der Waals surface area contributed by atoms with Crippen LogP contribution in [0.15, 0.2) is 54.6 Å². The normalized spacial score (nSPS) is 16.7. The second-order valence-electron chi connectivity index (χ2n) is 17.0. The molecule has 1 aliphatic carbocycles. The summed E-state index contributed by atoms with van der Waals surface area (Å²) >= 11 is 0. The largest absolute Gasteiger partial charge is 0.461 e. The van der Waals surface area contributed by atoms with E-state index in [0.717, 1.165) is 68.9 Å². The third-order valence-corrected chi connectivity index (χ3v) is 11.8. The smallest absolute Gasteiger partial charge is 0.309 e. The first-order chi connectivity index (χ1) is 30.4. The van der Waals surface area contributed by atoms with Gasteiger partial charge in [-0.15, -0.1) is 0 Å². The highest BCUT2D eigenvalue weighted by Gasteiger charge is 2.40. The van der Waals surface area contributed by atoms with E-state index in [4.69, 9.17) is 4.74 Å². The van der Waals surface area contributed by atoms with Gasteiger partial charge in [-0.05, 0) is 61.3 Å². The molecule has 1 aliphatic heterocycles. The molecule has 2 fully saturated rings. The highest BCUT2D eigenvalue weighted by atomic mass is 16.5. The molecular weight excluding hydrogens is 805 g/mol. The van der Waals surface area contributed by atoms with Crippen molar-refractivity contribution in [2.75, 3.05) is 31.5 Å². The Morgan fingerprint density at radius 2 is 1.37 bits per heavy atom. The van der Waals surface area contributed by atoms with Crippen LogP contribution < -0.4 is 26.6 Å². The first kappa shape index (κ1) is 50.0. The van der Waals surface area contributed by atoms with Crippen LogP contribution in [0.25, 0.3) is 0 Å². The van der Waals surface area contributed by atoms with Gasteiger partial charge in [-0.1, -0.05) is 114 Å². The molecule has 2 aromatic carbocycles. The fraction of sp³-hybridized carbons (Fsp3) is 0.583. The van der Waals surface area contributed by atoms with Crippen LogP contribution in [0, 0.1) is 17.8 Å². The van der Waals surface area contributed by atoms with Gasteiger partial charge in [-0.2, -0.15) is 0 Å². The molecule has 1 saturated carbocycles. The minimum Gasteiger partial charge on any atom is -0.461 e. The number of anilines is 1. The van der Waals surface area contributed by atoms with Crippen LogP contribution in [0.3, 0.4) is 0 Å². The average molecular weight is 873 g/mol. The van der Waals surface area contributed by atoms with Gasteiger partial charge in [0.2, 0.25) is 41.4 Å². The number of rotatable bonds is 24. The highest BCUT2D eigenvalue weighted by molar-refractivity contribution is 6.03. The quantitative estimate of drug-likeness (QED) is 0.0529. The maximum atomic E-state index is 13.3. The van der Waals surface area contributed by atoms with Crippen molar-refractivity contribution in [2.45, 2.75) is 136 Å². The summed E-state index contributed by atoms with van der Waals surface area (Å²) < 4.78 is 5.62. The molecular formula is C48H68N6O9. The number of unbranched alkanes of at least 4 members (excludes halogenated alkanes) is 3. The van der Waals surface area contributed by atoms with Crippen molar-refractivity contribution < 1.29 is 43.1 Å². The first-order valence-electron chi connectivity index (χ1n) is 23.0. The van der Waals surface area contributed by atoms with E-state index < -0.39 is 36.2 Å². The van der Waals surface area contributed by atoms with E-state index >= 15 is 0 Å². The maximum Gasteiger partial charge on any atom is 0.309 e. The number of carbonyl (C=O) groups excluding carboxylic acids is 8. The van der Waals surface area contributed by atoms with Gasteiger partial charge in [0.25, 0.3) is 0 Å². The molecule has 344 valence electrons. The third kappa shape index (κ3) is 18.3. The summed E-state index contributed by atoms with van der Waals surface area (Å²) in [6, 6.07) is 14.9. The number of benzene rings is 2. The van der Waals surface area contributed by atoms with Crippen molar-refractivity contribution in [3.05, 3.63) is 65.7 Å². The fourth-order valence-electron chi connectivity index (χ4n) is 7.98. The van der Waals surface area contributed by atoms with E-state index in [1.54, 1.807) is 48.5 Å². The fourth-order valence-corrected chi connectivity index (χ4v) is 7.98. The van der Waals surface area contributed by atoms with Gasteiger partial charge in [0, 0.05) is 37.4 Å². The Morgan fingerprint density at radius 1 is 0.714 bits per heavy atom. The van der Waals surface area contributed by atoms with Crippen LogP contribution in [-0.2, 0) is 56.1 Å². The van der Waals surface area contributed by atoms with Crippen molar-refractivity contribution in [2.24, 2.45) is 17.8 Å². The number of ether oxygens (including phenoxy) is 1. The monoisotopic (exact) mass is 873 g/mol. The summed E-state index contributed by atoms with van der Waals surface area (Å²) in [5.74, 6) is -3.20. The lowest BCUT2D eigenvalue weighted by Gasteiger charge is -2.19. The van der Waals surface area contributed by atoms with Gasteiger partial charge in [-0.3, -0.25) is 43.3 Å². The summed E-state index contributed by atoms with van der Waals surface area (Å²) in [6.45, 7) is 3.45. The number of nitrogens with zero attached hydrogens (tertiary/aromatic N) is 1. The van der Waals surface area contributed by atoms with E-state index in [1.807, 2.05) is 13.0 Å². The molecule has 7 amide bonds. The van der Waals surface area contributed by atoms with Crippen LogP contribution in [0.2, 0.25) is 0 Å². The molecule has 15 nitrogen and oxygen atoms in total. The zero-order valence-electron chi connectivity index (χ0n) is 37.2. The molecule has 0 spiro atoms. The number of likely N-dealkylation sites (tertiary alicyclic amines) is 1. The molecule has 0 bridgehead atoms. The summed E-state index contributed by atoms with van der Waals surface area (Å²) in [6.07, 6.45) is 13.8. The lowest BCUT2D eigenvalue weighted by atomic mass is 9.88. The highest BCUT2D eigenvalue weighted by Crippen LogP contribution is 2.30. The molecule has 2 aromatic rings. The van der Waals surface area contributed by atoms with E-state index in [2.05, 4.69) is 33.5 Å². The van der Waals surface area contributed by atoms with Crippen molar-refractivity contribution in [1.82, 2.24) is 26.2 Å². The Labute approximate surface area is 372 Å². The van der Waals surface area contributed by atoms with Crippen LogP contribution in [0.5, 0.6) is 0 Å². The Morgan fingerprint density at radius 3 is 2.06 bits per heavy atom. The molecule has 2 aliphatic rings. The van der Waals surface area contributed by atoms with Gasteiger partial charge >= 0.3 is 5.97 Å². The average Bonchev–Trinajstić information content (AvgIpc) is 3.64. The molecule has 5 N–H and O–H groups in total. The number of carbonyl (C=O) groups is 8. The summed E-state index contributed by atoms with van der Waals surface area (Å²) in [4.78, 5) is 103. The molecule has 1 saturated heterocycles. The van der Waals surface area contributed by atoms with Crippen molar-refractivity contribution in [3.63, 3.8) is 0 Å². The maximum absolute atomic E-state index is 13.3. The minimum atomic E-state index is -1.06. The van der Waals surface area contributed by atoms with Gasteiger partial charge in [0.1, 0.15) is 12.6 Å². The van der Waals surface area contributed by atoms with E-state index in [1.165, 1.54) is 17.7 Å². The van der Waals surface area contributed by atoms with Crippen molar-refractivity contribution in [1.29, 1.82) is 0 Å². The Bertz CT molecular complexity index is 1810. The SMILES string of the molecule is CCCCC(C)C1CC(=O)N(CCCCCC(=O)NCC(=O)NCC(=O)N[C@@H](Cc2ccccc2)C(=O)NCC(=O)Nc2ccc(COC(=O)C3CCCCCCCC3)cc2)C1=O. The number of esters is 1. The number of amides is 7.